The van der Waals surface area contributed by atoms with E-state index in [9.17, 15) is 4.79 Å². The summed E-state index contributed by atoms with van der Waals surface area (Å²) < 4.78 is 11.1. The fraction of sp³-hybridized carbons (Fsp3) is 0.769. The molecule has 0 aliphatic carbocycles. The van der Waals surface area contributed by atoms with Crippen LogP contribution in [-0.2, 0) is 14.3 Å². The van der Waals surface area contributed by atoms with Crippen molar-refractivity contribution < 1.29 is 14.3 Å². The molecule has 0 N–H and O–H groups in total. The fourth-order valence-electron chi connectivity index (χ4n) is 1.84. The number of ether oxygens (including phenoxy) is 2. The van der Waals surface area contributed by atoms with Gasteiger partial charge in [-0.25, -0.2) is 0 Å². The molecule has 0 unspecified atom stereocenters. The first-order valence-electron chi connectivity index (χ1n) is 6.07. The highest BCUT2D eigenvalue weighted by molar-refractivity contribution is 6.83. The average molecular weight is 254 g/mol. The van der Waals surface area contributed by atoms with Crippen LogP contribution in [-0.4, -0.2) is 32.4 Å². The van der Waals surface area contributed by atoms with Crippen LogP contribution in [0.4, 0.5) is 0 Å². The van der Waals surface area contributed by atoms with E-state index in [1.54, 1.807) is 0 Å². The maximum absolute atomic E-state index is 11.1. The van der Waals surface area contributed by atoms with Crippen LogP contribution in [0.3, 0.4) is 0 Å². The zero-order valence-corrected chi connectivity index (χ0v) is 12.4. The molecule has 1 aliphatic rings. The third-order valence-electron chi connectivity index (χ3n) is 2.61. The van der Waals surface area contributed by atoms with Gasteiger partial charge in [0.05, 0.1) is 0 Å². The minimum atomic E-state index is -1.43. The Balaban J connectivity index is 2.85. The minimum absolute atomic E-state index is 0.266. The van der Waals surface area contributed by atoms with E-state index in [-0.39, 0.29) is 12.1 Å². The van der Waals surface area contributed by atoms with Crippen LogP contribution in [0.5, 0.6) is 0 Å². The van der Waals surface area contributed by atoms with Gasteiger partial charge in [-0.15, -0.1) is 5.54 Å². The summed E-state index contributed by atoms with van der Waals surface area (Å²) in [4.78, 5) is 11.1. The Bertz CT molecular complexity index is 348. The van der Waals surface area contributed by atoms with Crippen molar-refractivity contribution in [2.75, 3.05) is 6.61 Å². The molecule has 1 rings (SSSR count). The lowest BCUT2D eigenvalue weighted by Crippen LogP contribution is -2.47. The van der Waals surface area contributed by atoms with E-state index in [2.05, 4.69) is 31.1 Å². The molecular formula is C13H22O3Si. The SMILES string of the molecule is CC(=O)O[C@]1(C)CCCO[C@H]1C#C[Si](C)(C)C. The van der Waals surface area contributed by atoms with Crippen molar-refractivity contribution >= 4 is 14.0 Å². The molecule has 2 atom stereocenters. The number of hydrogen-bond donors (Lipinski definition) is 0. The van der Waals surface area contributed by atoms with Gasteiger partial charge in [-0.3, -0.25) is 4.79 Å². The minimum Gasteiger partial charge on any atom is -0.456 e. The molecule has 1 aliphatic heterocycles. The predicted molar refractivity (Wildman–Crippen MR) is 70.3 cm³/mol. The number of carbonyl (C=O) groups is 1. The third-order valence-corrected chi connectivity index (χ3v) is 3.51. The molecule has 3 nitrogen and oxygen atoms in total. The molecule has 4 heteroatoms. The van der Waals surface area contributed by atoms with Gasteiger partial charge in [-0.2, -0.15) is 0 Å². The molecule has 0 saturated carbocycles. The number of carbonyl (C=O) groups excluding carboxylic acids is 1. The van der Waals surface area contributed by atoms with Crippen molar-refractivity contribution in [1.82, 2.24) is 0 Å². The summed E-state index contributed by atoms with van der Waals surface area (Å²) in [7, 11) is -1.43. The maximum atomic E-state index is 11.1. The monoisotopic (exact) mass is 254 g/mol. The van der Waals surface area contributed by atoms with Gasteiger partial charge in [-0.05, 0) is 19.8 Å². The molecule has 96 valence electrons. The summed E-state index contributed by atoms with van der Waals surface area (Å²) >= 11 is 0. The third kappa shape index (κ3) is 4.53. The second kappa shape index (κ2) is 5.24. The zero-order chi connectivity index (χ0) is 13.1. The molecule has 1 saturated heterocycles. The van der Waals surface area contributed by atoms with Gasteiger partial charge >= 0.3 is 5.97 Å². The lowest BCUT2D eigenvalue weighted by molar-refractivity contribution is -0.176. The van der Waals surface area contributed by atoms with Gasteiger partial charge in [0.2, 0.25) is 0 Å². The number of rotatable bonds is 1. The highest BCUT2D eigenvalue weighted by atomic mass is 28.3. The Kier molecular flexibility index (Phi) is 4.40. The summed E-state index contributed by atoms with van der Waals surface area (Å²) in [5.41, 5.74) is 2.71. The summed E-state index contributed by atoms with van der Waals surface area (Å²) in [5, 5.41) is 0. The van der Waals surface area contributed by atoms with E-state index in [4.69, 9.17) is 9.47 Å². The standard InChI is InChI=1S/C13H22O3Si/c1-11(14)16-13(2)8-6-9-15-12(13)7-10-17(3,4)5/h12H,6,8-9H2,1-5H3/t12-,13+/m0/s1. The molecule has 0 aromatic carbocycles. The summed E-state index contributed by atoms with van der Waals surface area (Å²) in [5.74, 6) is 2.90. The number of esters is 1. The Hall–Kier alpha value is -0.793. The lowest BCUT2D eigenvalue weighted by atomic mass is 9.91. The molecule has 1 heterocycles. The predicted octanol–water partition coefficient (Wildman–Crippen LogP) is 2.37. The topological polar surface area (TPSA) is 35.5 Å². The first-order valence-corrected chi connectivity index (χ1v) is 9.57. The van der Waals surface area contributed by atoms with Crippen molar-refractivity contribution in [3.05, 3.63) is 0 Å². The van der Waals surface area contributed by atoms with Crippen LogP contribution in [0, 0.1) is 11.5 Å². The molecule has 0 aromatic rings. The maximum Gasteiger partial charge on any atom is 0.303 e. The summed E-state index contributed by atoms with van der Waals surface area (Å²) in [6, 6.07) is 0. The molecule has 0 bridgehead atoms. The lowest BCUT2D eigenvalue weighted by Gasteiger charge is -2.37. The number of hydrogen-bond acceptors (Lipinski definition) is 3. The van der Waals surface area contributed by atoms with Crippen molar-refractivity contribution in [3.63, 3.8) is 0 Å². The van der Waals surface area contributed by atoms with Gasteiger partial charge in [0, 0.05) is 13.5 Å². The summed E-state index contributed by atoms with van der Waals surface area (Å²) in [6.45, 7) is 10.6. The Morgan fingerprint density at radius 1 is 1.47 bits per heavy atom. The van der Waals surface area contributed by atoms with Gasteiger partial charge in [0.1, 0.15) is 13.7 Å². The molecule has 1 fully saturated rings. The molecule has 17 heavy (non-hydrogen) atoms. The fourth-order valence-corrected chi connectivity index (χ4v) is 2.41. The van der Waals surface area contributed by atoms with Crippen LogP contribution in [0.1, 0.15) is 26.7 Å². The second-order valence-electron chi connectivity index (χ2n) is 5.78. The van der Waals surface area contributed by atoms with Gasteiger partial charge < -0.3 is 9.47 Å². The quantitative estimate of drug-likeness (QED) is 0.409. The van der Waals surface area contributed by atoms with E-state index < -0.39 is 13.7 Å². The van der Waals surface area contributed by atoms with Crippen molar-refractivity contribution in [3.8, 4) is 11.5 Å². The van der Waals surface area contributed by atoms with Crippen LogP contribution < -0.4 is 0 Å². The molecule has 0 spiro atoms. The average Bonchev–Trinajstić information content (AvgIpc) is 2.13. The van der Waals surface area contributed by atoms with Gasteiger partial charge in [0.25, 0.3) is 0 Å². The van der Waals surface area contributed by atoms with E-state index in [0.29, 0.717) is 6.61 Å². The van der Waals surface area contributed by atoms with Crippen LogP contribution >= 0.6 is 0 Å². The first-order chi connectivity index (χ1) is 7.73. The largest absolute Gasteiger partial charge is 0.456 e. The van der Waals surface area contributed by atoms with E-state index in [1.807, 2.05) is 6.92 Å². The molecule has 0 amide bonds. The molecular weight excluding hydrogens is 232 g/mol. The zero-order valence-electron chi connectivity index (χ0n) is 11.4. The highest BCUT2D eigenvalue weighted by Crippen LogP contribution is 2.29. The second-order valence-corrected chi connectivity index (χ2v) is 10.5. The van der Waals surface area contributed by atoms with E-state index in [0.717, 1.165) is 12.8 Å². The Labute approximate surface area is 105 Å². The van der Waals surface area contributed by atoms with Crippen molar-refractivity contribution in [1.29, 1.82) is 0 Å². The normalized spacial score (nSPS) is 29.1. The first kappa shape index (κ1) is 14.3. The van der Waals surface area contributed by atoms with Crippen molar-refractivity contribution in [2.45, 2.75) is 58.0 Å². The molecule has 0 radical (unpaired) electrons. The van der Waals surface area contributed by atoms with Crippen molar-refractivity contribution in [2.24, 2.45) is 0 Å². The summed E-state index contributed by atoms with van der Waals surface area (Å²) in [6.07, 6.45) is 1.44. The Morgan fingerprint density at radius 2 is 2.12 bits per heavy atom. The van der Waals surface area contributed by atoms with E-state index in [1.165, 1.54) is 6.92 Å². The smallest absolute Gasteiger partial charge is 0.303 e. The van der Waals surface area contributed by atoms with Crippen LogP contribution in [0.25, 0.3) is 0 Å². The Morgan fingerprint density at radius 3 is 2.65 bits per heavy atom. The van der Waals surface area contributed by atoms with Gasteiger partial charge in [-0.1, -0.05) is 25.6 Å². The highest BCUT2D eigenvalue weighted by Gasteiger charge is 2.40. The van der Waals surface area contributed by atoms with Gasteiger partial charge in [0.15, 0.2) is 6.10 Å². The van der Waals surface area contributed by atoms with E-state index >= 15 is 0 Å². The van der Waals surface area contributed by atoms with Crippen LogP contribution in [0.2, 0.25) is 19.6 Å². The van der Waals surface area contributed by atoms with Crippen LogP contribution in [0.15, 0.2) is 0 Å². The molecule has 0 aromatic heterocycles.